The van der Waals surface area contributed by atoms with Crippen LogP contribution < -0.4 is 16.2 Å². The molecule has 0 unspecified atom stereocenters. The zero-order chi connectivity index (χ0) is 12.1. The summed E-state index contributed by atoms with van der Waals surface area (Å²) in [5.41, 5.74) is 3.81. The number of non-ortho nitro benzene ring substituents is 1. The number of anilines is 2. The molecule has 0 saturated carbocycles. The second-order valence-electron chi connectivity index (χ2n) is 3.31. The summed E-state index contributed by atoms with van der Waals surface area (Å²) in [7, 11) is 0. The van der Waals surface area contributed by atoms with Gasteiger partial charge in [-0.15, -0.1) is 0 Å². The number of nitrogens with zero attached hydrogens (tertiary/aromatic N) is 2. The fourth-order valence-electron chi connectivity index (χ4n) is 1.56. The molecular weight excluding hydrogens is 208 g/mol. The zero-order valence-corrected chi connectivity index (χ0v) is 9.43. The molecule has 0 spiro atoms. The summed E-state index contributed by atoms with van der Waals surface area (Å²) in [5, 5.41) is 10.7. The summed E-state index contributed by atoms with van der Waals surface area (Å²) >= 11 is 0. The third-order valence-corrected chi connectivity index (χ3v) is 2.41. The highest BCUT2D eigenvalue weighted by Crippen LogP contribution is 2.26. The third-order valence-electron chi connectivity index (χ3n) is 2.41. The highest BCUT2D eigenvalue weighted by atomic mass is 16.6. The maximum Gasteiger partial charge on any atom is 0.273 e. The molecular formula is C10H16N4O2. The van der Waals surface area contributed by atoms with E-state index in [0.29, 0.717) is 5.69 Å². The van der Waals surface area contributed by atoms with Crippen LogP contribution in [0.4, 0.5) is 17.1 Å². The average molecular weight is 224 g/mol. The first kappa shape index (κ1) is 12.3. The van der Waals surface area contributed by atoms with E-state index in [1.165, 1.54) is 6.07 Å². The zero-order valence-electron chi connectivity index (χ0n) is 9.43. The van der Waals surface area contributed by atoms with Crippen molar-refractivity contribution >= 4 is 17.1 Å². The molecule has 6 nitrogen and oxygen atoms in total. The van der Waals surface area contributed by atoms with Gasteiger partial charge in [0, 0.05) is 30.9 Å². The molecule has 0 radical (unpaired) electrons. The van der Waals surface area contributed by atoms with Crippen LogP contribution >= 0.6 is 0 Å². The van der Waals surface area contributed by atoms with Crippen molar-refractivity contribution in [2.75, 3.05) is 23.4 Å². The molecule has 0 aliphatic heterocycles. The van der Waals surface area contributed by atoms with Crippen molar-refractivity contribution < 1.29 is 4.92 Å². The molecule has 16 heavy (non-hydrogen) atoms. The molecule has 0 aromatic heterocycles. The number of nitro groups is 1. The van der Waals surface area contributed by atoms with Crippen molar-refractivity contribution in [2.45, 2.75) is 13.8 Å². The van der Waals surface area contributed by atoms with Crippen molar-refractivity contribution in [2.24, 2.45) is 5.84 Å². The smallest absolute Gasteiger partial charge is 0.273 e. The van der Waals surface area contributed by atoms with Crippen LogP contribution in [0, 0.1) is 10.1 Å². The number of hydrogen-bond donors (Lipinski definition) is 2. The Labute approximate surface area is 94.2 Å². The normalized spacial score (nSPS) is 9.94. The summed E-state index contributed by atoms with van der Waals surface area (Å²) < 4.78 is 0. The van der Waals surface area contributed by atoms with Gasteiger partial charge in [0.15, 0.2) is 0 Å². The summed E-state index contributed by atoms with van der Waals surface area (Å²) in [6.07, 6.45) is 0. The molecule has 1 rings (SSSR count). The average Bonchev–Trinajstić information content (AvgIpc) is 2.30. The number of hydrazine groups is 1. The molecule has 0 fully saturated rings. The van der Waals surface area contributed by atoms with Crippen LogP contribution in [-0.2, 0) is 0 Å². The van der Waals surface area contributed by atoms with Crippen LogP contribution in [-0.4, -0.2) is 18.0 Å². The minimum Gasteiger partial charge on any atom is -0.372 e. The second kappa shape index (κ2) is 5.32. The van der Waals surface area contributed by atoms with Crippen LogP contribution in [0.25, 0.3) is 0 Å². The predicted octanol–water partition coefficient (Wildman–Crippen LogP) is 1.73. The fraction of sp³-hybridized carbons (Fsp3) is 0.400. The molecule has 1 aromatic carbocycles. The van der Waals surface area contributed by atoms with Crippen molar-refractivity contribution in [3.05, 3.63) is 28.3 Å². The number of hydrogen-bond acceptors (Lipinski definition) is 5. The lowest BCUT2D eigenvalue weighted by molar-refractivity contribution is -0.384. The Balaban J connectivity index is 3.17. The molecule has 3 N–H and O–H groups in total. The van der Waals surface area contributed by atoms with Gasteiger partial charge in [-0.25, -0.2) is 0 Å². The van der Waals surface area contributed by atoms with Crippen molar-refractivity contribution in [1.82, 2.24) is 0 Å². The van der Waals surface area contributed by atoms with E-state index >= 15 is 0 Å². The van der Waals surface area contributed by atoms with E-state index < -0.39 is 4.92 Å². The molecule has 1 aromatic rings. The molecule has 0 saturated heterocycles. The van der Waals surface area contributed by atoms with Gasteiger partial charge in [-0.3, -0.25) is 16.0 Å². The molecule has 0 atom stereocenters. The number of nitrogens with two attached hydrogens (primary N) is 1. The van der Waals surface area contributed by atoms with Crippen LogP contribution in [0.5, 0.6) is 0 Å². The number of nitro benzene ring substituents is 1. The Morgan fingerprint density at radius 1 is 1.38 bits per heavy atom. The first-order valence-electron chi connectivity index (χ1n) is 5.13. The van der Waals surface area contributed by atoms with Crippen LogP contribution in [0.1, 0.15) is 13.8 Å². The Hall–Kier alpha value is -1.82. The Morgan fingerprint density at radius 2 is 2.00 bits per heavy atom. The van der Waals surface area contributed by atoms with E-state index in [0.717, 1.165) is 18.8 Å². The lowest BCUT2D eigenvalue weighted by Gasteiger charge is -2.21. The van der Waals surface area contributed by atoms with Crippen LogP contribution in [0.3, 0.4) is 0 Å². The van der Waals surface area contributed by atoms with Gasteiger partial charge in [-0.05, 0) is 19.9 Å². The first-order chi connectivity index (χ1) is 7.62. The SMILES string of the molecule is CCN(CC)c1cc(NN)cc([N+](=O)[O-])c1. The quantitative estimate of drug-likeness (QED) is 0.452. The summed E-state index contributed by atoms with van der Waals surface area (Å²) in [6.45, 7) is 5.58. The van der Waals surface area contributed by atoms with Gasteiger partial charge >= 0.3 is 0 Å². The Morgan fingerprint density at radius 3 is 2.44 bits per heavy atom. The lowest BCUT2D eigenvalue weighted by Crippen LogP contribution is -2.22. The standard InChI is InChI=1S/C10H16N4O2/c1-3-13(4-2)9-5-8(12-11)6-10(7-9)14(15)16/h5-7,12H,3-4,11H2,1-2H3. The van der Waals surface area contributed by atoms with Crippen molar-refractivity contribution in [1.29, 1.82) is 0 Å². The second-order valence-corrected chi connectivity index (χ2v) is 3.31. The molecule has 88 valence electrons. The maximum absolute atomic E-state index is 10.7. The van der Waals surface area contributed by atoms with E-state index in [4.69, 9.17) is 5.84 Å². The summed E-state index contributed by atoms with van der Waals surface area (Å²) in [4.78, 5) is 12.3. The topological polar surface area (TPSA) is 84.4 Å². The van der Waals surface area contributed by atoms with E-state index in [-0.39, 0.29) is 5.69 Å². The molecule has 0 amide bonds. The van der Waals surface area contributed by atoms with Crippen LogP contribution in [0.15, 0.2) is 18.2 Å². The van der Waals surface area contributed by atoms with E-state index in [2.05, 4.69) is 5.43 Å². The molecule has 6 heteroatoms. The number of benzene rings is 1. The number of rotatable bonds is 5. The predicted molar refractivity (Wildman–Crippen MR) is 64.5 cm³/mol. The fourth-order valence-corrected chi connectivity index (χ4v) is 1.56. The van der Waals surface area contributed by atoms with Gasteiger partial charge < -0.3 is 10.3 Å². The highest BCUT2D eigenvalue weighted by molar-refractivity contribution is 5.64. The molecule has 0 heterocycles. The van der Waals surface area contributed by atoms with Gasteiger partial charge in [-0.1, -0.05) is 0 Å². The maximum atomic E-state index is 10.7. The third kappa shape index (κ3) is 2.60. The van der Waals surface area contributed by atoms with Gasteiger partial charge in [0.05, 0.1) is 10.6 Å². The monoisotopic (exact) mass is 224 g/mol. The van der Waals surface area contributed by atoms with Crippen molar-refractivity contribution in [3.63, 3.8) is 0 Å². The summed E-state index contributed by atoms with van der Waals surface area (Å²) in [5.74, 6) is 5.28. The number of nitrogen functional groups attached to an aromatic ring is 1. The molecule has 0 aliphatic carbocycles. The lowest BCUT2D eigenvalue weighted by atomic mass is 10.2. The largest absolute Gasteiger partial charge is 0.372 e. The minimum absolute atomic E-state index is 0.0392. The van der Waals surface area contributed by atoms with Crippen molar-refractivity contribution in [3.8, 4) is 0 Å². The molecule has 0 bridgehead atoms. The first-order valence-corrected chi connectivity index (χ1v) is 5.13. The van der Waals surface area contributed by atoms with E-state index in [1.807, 2.05) is 18.7 Å². The van der Waals surface area contributed by atoms with Gasteiger partial charge in [0.1, 0.15) is 0 Å². The molecule has 0 aliphatic rings. The Bertz CT molecular complexity index is 377. The highest BCUT2D eigenvalue weighted by Gasteiger charge is 2.12. The van der Waals surface area contributed by atoms with E-state index in [1.54, 1.807) is 12.1 Å². The van der Waals surface area contributed by atoms with Gasteiger partial charge in [0.25, 0.3) is 5.69 Å². The van der Waals surface area contributed by atoms with Gasteiger partial charge in [-0.2, -0.15) is 0 Å². The van der Waals surface area contributed by atoms with E-state index in [9.17, 15) is 10.1 Å². The summed E-state index contributed by atoms with van der Waals surface area (Å²) in [6, 6.07) is 4.75. The van der Waals surface area contributed by atoms with Gasteiger partial charge in [0.2, 0.25) is 0 Å². The minimum atomic E-state index is -0.423. The Kier molecular flexibility index (Phi) is 4.07. The number of nitrogens with one attached hydrogen (secondary N) is 1. The van der Waals surface area contributed by atoms with Crippen LogP contribution in [0.2, 0.25) is 0 Å².